The van der Waals surface area contributed by atoms with Gasteiger partial charge in [-0.25, -0.2) is 0 Å². The Morgan fingerprint density at radius 3 is 2.73 bits per heavy atom. The fourth-order valence-electron chi connectivity index (χ4n) is 1.86. The van der Waals surface area contributed by atoms with Gasteiger partial charge >= 0.3 is 0 Å². The zero-order valence-electron chi connectivity index (χ0n) is 9.75. The molecule has 0 aliphatic heterocycles. The normalized spacial score (nSPS) is 13.7. The molecule has 0 aromatic carbocycles. The highest BCUT2D eigenvalue weighted by atomic mass is 79.9. The monoisotopic (exact) mass is 271 g/mol. The number of halogens is 1. The lowest BCUT2D eigenvalue weighted by molar-refractivity contribution is 0.378. The standard InChI is InChI=1S/C12H18BrNO/c1-9(13)8-12(2,3)11-10(15-4)6-5-7-14-11/h5-7,9H,8H2,1-4H3. The van der Waals surface area contributed by atoms with Crippen molar-refractivity contribution in [3.63, 3.8) is 0 Å². The van der Waals surface area contributed by atoms with Crippen LogP contribution in [0.5, 0.6) is 5.75 Å². The number of ether oxygens (including phenoxy) is 1. The molecule has 0 bridgehead atoms. The van der Waals surface area contributed by atoms with Gasteiger partial charge in [-0.1, -0.05) is 36.7 Å². The van der Waals surface area contributed by atoms with Gasteiger partial charge in [0.1, 0.15) is 5.75 Å². The van der Waals surface area contributed by atoms with Gasteiger partial charge in [-0.15, -0.1) is 0 Å². The largest absolute Gasteiger partial charge is 0.495 e. The molecule has 0 fully saturated rings. The summed E-state index contributed by atoms with van der Waals surface area (Å²) < 4.78 is 5.34. The average Bonchev–Trinajstić information content (AvgIpc) is 2.16. The minimum absolute atomic E-state index is 0.0233. The van der Waals surface area contributed by atoms with Gasteiger partial charge in [0.25, 0.3) is 0 Å². The van der Waals surface area contributed by atoms with Gasteiger partial charge in [-0.3, -0.25) is 4.98 Å². The summed E-state index contributed by atoms with van der Waals surface area (Å²) >= 11 is 3.59. The summed E-state index contributed by atoms with van der Waals surface area (Å²) in [5.74, 6) is 0.871. The Hall–Kier alpha value is -0.570. The van der Waals surface area contributed by atoms with Crippen molar-refractivity contribution in [2.75, 3.05) is 7.11 Å². The van der Waals surface area contributed by atoms with Gasteiger partial charge in [0.2, 0.25) is 0 Å². The fourth-order valence-corrected chi connectivity index (χ4v) is 2.67. The molecule has 1 rings (SSSR count). The van der Waals surface area contributed by atoms with Crippen LogP contribution in [-0.2, 0) is 5.41 Å². The molecule has 0 spiro atoms. The van der Waals surface area contributed by atoms with Crippen LogP contribution in [0, 0.1) is 0 Å². The molecule has 0 aliphatic carbocycles. The van der Waals surface area contributed by atoms with E-state index in [4.69, 9.17) is 4.74 Å². The van der Waals surface area contributed by atoms with E-state index in [0.717, 1.165) is 17.9 Å². The smallest absolute Gasteiger partial charge is 0.140 e. The van der Waals surface area contributed by atoms with Crippen molar-refractivity contribution >= 4 is 15.9 Å². The first-order chi connectivity index (χ1) is 6.97. The average molecular weight is 272 g/mol. The molecule has 0 saturated heterocycles. The third-order valence-corrected chi connectivity index (χ3v) is 2.75. The maximum absolute atomic E-state index is 5.34. The van der Waals surface area contributed by atoms with Crippen molar-refractivity contribution in [2.45, 2.75) is 37.4 Å². The second-order valence-electron chi connectivity index (χ2n) is 4.42. The van der Waals surface area contributed by atoms with Crippen molar-refractivity contribution in [3.05, 3.63) is 24.0 Å². The number of pyridine rings is 1. The molecule has 84 valence electrons. The van der Waals surface area contributed by atoms with Gasteiger partial charge in [0.15, 0.2) is 0 Å². The maximum atomic E-state index is 5.34. The molecule has 1 unspecified atom stereocenters. The highest BCUT2D eigenvalue weighted by Crippen LogP contribution is 2.34. The van der Waals surface area contributed by atoms with Crippen LogP contribution in [0.25, 0.3) is 0 Å². The van der Waals surface area contributed by atoms with Crippen molar-refractivity contribution in [2.24, 2.45) is 0 Å². The molecule has 0 amide bonds. The summed E-state index contributed by atoms with van der Waals surface area (Å²) in [6.07, 6.45) is 2.85. The van der Waals surface area contributed by atoms with Gasteiger partial charge in [0.05, 0.1) is 12.8 Å². The molecular weight excluding hydrogens is 254 g/mol. The van der Waals surface area contributed by atoms with Gasteiger partial charge < -0.3 is 4.74 Å². The van der Waals surface area contributed by atoms with Crippen molar-refractivity contribution in [1.29, 1.82) is 0 Å². The van der Waals surface area contributed by atoms with E-state index in [1.807, 2.05) is 18.3 Å². The van der Waals surface area contributed by atoms with Crippen LogP contribution in [0.2, 0.25) is 0 Å². The van der Waals surface area contributed by atoms with Crippen LogP contribution in [0.3, 0.4) is 0 Å². The van der Waals surface area contributed by atoms with Crippen LogP contribution in [0.1, 0.15) is 32.9 Å². The first-order valence-electron chi connectivity index (χ1n) is 5.11. The first kappa shape index (κ1) is 12.5. The number of alkyl halides is 1. The van der Waals surface area contributed by atoms with Crippen LogP contribution in [0.4, 0.5) is 0 Å². The summed E-state index contributed by atoms with van der Waals surface area (Å²) in [5, 5.41) is 0. The van der Waals surface area contributed by atoms with E-state index < -0.39 is 0 Å². The molecule has 15 heavy (non-hydrogen) atoms. The number of nitrogens with zero attached hydrogens (tertiary/aromatic N) is 1. The highest BCUT2D eigenvalue weighted by Gasteiger charge is 2.27. The van der Waals surface area contributed by atoms with Crippen LogP contribution in [-0.4, -0.2) is 16.9 Å². The topological polar surface area (TPSA) is 22.1 Å². The zero-order valence-corrected chi connectivity index (χ0v) is 11.3. The Bertz CT molecular complexity index is 323. The molecule has 0 aliphatic rings. The van der Waals surface area contributed by atoms with E-state index in [1.54, 1.807) is 7.11 Å². The Morgan fingerprint density at radius 1 is 1.53 bits per heavy atom. The number of methoxy groups -OCH3 is 1. The van der Waals surface area contributed by atoms with E-state index in [9.17, 15) is 0 Å². The molecule has 1 aromatic heterocycles. The maximum Gasteiger partial charge on any atom is 0.140 e. The summed E-state index contributed by atoms with van der Waals surface area (Å²) in [6, 6.07) is 3.86. The van der Waals surface area contributed by atoms with E-state index >= 15 is 0 Å². The summed E-state index contributed by atoms with van der Waals surface area (Å²) in [5.41, 5.74) is 1.05. The summed E-state index contributed by atoms with van der Waals surface area (Å²) in [7, 11) is 1.69. The lowest BCUT2D eigenvalue weighted by atomic mass is 9.83. The van der Waals surface area contributed by atoms with Crippen molar-refractivity contribution < 1.29 is 4.74 Å². The Morgan fingerprint density at radius 2 is 2.20 bits per heavy atom. The number of hydrogen-bond donors (Lipinski definition) is 0. The third-order valence-electron chi connectivity index (χ3n) is 2.42. The van der Waals surface area contributed by atoms with Crippen LogP contribution >= 0.6 is 15.9 Å². The summed E-state index contributed by atoms with van der Waals surface area (Å²) in [4.78, 5) is 4.90. The molecule has 2 nitrogen and oxygen atoms in total. The lowest BCUT2D eigenvalue weighted by Crippen LogP contribution is -2.23. The molecule has 0 saturated carbocycles. The van der Waals surface area contributed by atoms with Gasteiger partial charge in [-0.05, 0) is 18.6 Å². The molecular formula is C12H18BrNO. The Balaban J connectivity index is 3.02. The molecule has 1 aromatic rings. The molecule has 0 N–H and O–H groups in total. The first-order valence-corrected chi connectivity index (χ1v) is 6.02. The zero-order chi connectivity index (χ0) is 11.5. The van der Waals surface area contributed by atoms with Gasteiger partial charge in [0, 0.05) is 16.4 Å². The van der Waals surface area contributed by atoms with E-state index in [1.165, 1.54) is 0 Å². The third kappa shape index (κ3) is 3.20. The van der Waals surface area contributed by atoms with Crippen LogP contribution in [0.15, 0.2) is 18.3 Å². The predicted molar refractivity (Wildman–Crippen MR) is 66.8 cm³/mol. The van der Waals surface area contributed by atoms with Gasteiger partial charge in [-0.2, -0.15) is 0 Å². The molecule has 3 heteroatoms. The molecule has 1 atom stereocenters. The summed E-state index contributed by atoms with van der Waals surface area (Å²) in [6.45, 7) is 6.53. The fraction of sp³-hybridized carbons (Fsp3) is 0.583. The molecule has 1 heterocycles. The second kappa shape index (κ2) is 4.97. The minimum atomic E-state index is 0.0233. The highest BCUT2D eigenvalue weighted by molar-refractivity contribution is 9.09. The van der Waals surface area contributed by atoms with Crippen LogP contribution < -0.4 is 4.74 Å². The SMILES string of the molecule is COc1cccnc1C(C)(C)CC(C)Br. The number of rotatable bonds is 4. The predicted octanol–water partition coefficient (Wildman–Crippen LogP) is 3.54. The Kier molecular flexibility index (Phi) is 4.14. The van der Waals surface area contributed by atoms with E-state index in [2.05, 4.69) is 41.7 Å². The number of hydrogen-bond acceptors (Lipinski definition) is 2. The Labute approximate surface area is 100 Å². The van der Waals surface area contributed by atoms with E-state index in [0.29, 0.717) is 4.83 Å². The second-order valence-corrected chi connectivity index (χ2v) is 5.99. The van der Waals surface area contributed by atoms with Crippen molar-refractivity contribution in [3.8, 4) is 5.75 Å². The van der Waals surface area contributed by atoms with E-state index in [-0.39, 0.29) is 5.41 Å². The minimum Gasteiger partial charge on any atom is -0.495 e. The lowest BCUT2D eigenvalue weighted by Gasteiger charge is -2.26. The quantitative estimate of drug-likeness (QED) is 0.782. The molecule has 0 radical (unpaired) electrons. The number of aromatic nitrogens is 1. The van der Waals surface area contributed by atoms with Crippen molar-refractivity contribution in [1.82, 2.24) is 4.98 Å².